The van der Waals surface area contributed by atoms with Gasteiger partial charge in [0.05, 0.1) is 20.6 Å². The van der Waals surface area contributed by atoms with Gasteiger partial charge in [0.2, 0.25) is 5.91 Å². The van der Waals surface area contributed by atoms with Crippen LogP contribution in [0.1, 0.15) is 24.0 Å². The van der Waals surface area contributed by atoms with Crippen LogP contribution in [0.15, 0.2) is 42.7 Å². The third-order valence-corrected chi connectivity index (χ3v) is 4.24. The monoisotopic (exact) mass is 326 g/mol. The number of carbonyl (C=O) groups excluding carboxylic acids is 1. The highest BCUT2D eigenvalue weighted by Gasteiger charge is 2.32. The highest BCUT2D eigenvalue weighted by molar-refractivity contribution is 5.80. The number of carbonyl (C=O) groups is 1. The summed E-state index contributed by atoms with van der Waals surface area (Å²) in [7, 11) is 3.23. The Morgan fingerprint density at radius 2 is 1.92 bits per heavy atom. The van der Waals surface area contributed by atoms with Gasteiger partial charge in [-0.3, -0.25) is 9.78 Å². The van der Waals surface area contributed by atoms with Crippen LogP contribution in [0.25, 0.3) is 0 Å². The second-order valence-corrected chi connectivity index (χ2v) is 5.96. The van der Waals surface area contributed by atoms with Crippen LogP contribution in [0.5, 0.6) is 11.5 Å². The molecule has 1 saturated carbocycles. The summed E-state index contributed by atoms with van der Waals surface area (Å²) in [6.07, 6.45) is 5.98. The molecule has 0 spiro atoms. The van der Waals surface area contributed by atoms with Crippen LogP contribution in [-0.2, 0) is 17.8 Å². The third-order valence-electron chi connectivity index (χ3n) is 4.24. The molecule has 5 heteroatoms. The van der Waals surface area contributed by atoms with Crippen molar-refractivity contribution in [1.29, 1.82) is 0 Å². The minimum atomic E-state index is 0.112. The van der Waals surface area contributed by atoms with E-state index in [-0.39, 0.29) is 5.91 Å². The number of ether oxygens (including phenoxy) is 2. The van der Waals surface area contributed by atoms with Gasteiger partial charge in [0.25, 0.3) is 0 Å². The molecule has 1 amide bonds. The molecule has 0 radical (unpaired) electrons. The third kappa shape index (κ3) is 3.85. The molecule has 3 rings (SSSR count). The van der Waals surface area contributed by atoms with Crippen molar-refractivity contribution in [2.24, 2.45) is 0 Å². The summed E-state index contributed by atoms with van der Waals surface area (Å²) >= 11 is 0. The fraction of sp³-hybridized carbons (Fsp3) is 0.368. The van der Waals surface area contributed by atoms with Gasteiger partial charge in [-0.25, -0.2) is 0 Å². The number of nitrogens with zero attached hydrogens (tertiary/aromatic N) is 2. The van der Waals surface area contributed by atoms with Crippen molar-refractivity contribution < 1.29 is 14.3 Å². The van der Waals surface area contributed by atoms with E-state index in [4.69, 9.17) is 9.47 Å². The quantitative estimate of drug-likeness (QED) is 0.785. The second-order valence-electron chi connectivity index (χ2n) is 5.96. The molecule has 1 aromatic carbocycles. The maximum absolute atomic E-state index is 12.9. The predicted octanol–water partition coefficient (Wildman–Crippen LogP) is 2.83. The maximum Gasteiger partial charge on any atom is 0.227 e. The van der Waals surface area contributed by atoms with Gasteiger partial charge in [-0.05, 0) is 48.7 Å². The first-order valence-corrected chi connectivity index (χ1v) is 8.10. The lowest BCUT2D eigenvalue weighted by Crippen LogP contribution is -2.33. The first-order valence-electron chi connectivity index (χ1n) is 8.10. The van der Waals surface area contributed by atoms with Gasteiger partial charge >= 0.3 is 0 Å². The second kappa shape index (κ2) is 7.34. The topological polar surface area (TPSA) is 51.7 Å². The molecule has 0 N–H and O–H groups in total. The molecule has 24 heavy (non-hydrogen) atoms. The van der Waals surface area contributed by atoms with Crippen LogP contribution >= 0.6 is 0 Å². The molecule has 2 aromatic rings. The van der Waals surface area contributed by atoms with Gasteiger partial charge in [-0.1, -0.05) is 0 Å². The smallest absolute Gasteiger partial charge is 0.227 e. The highest BCUT2D eigenvalue weighted by atomic mass is 16.5. The predicted molar refractivity (Wildman–Crippen MR) is 91.1 cm³/mol. The van der Waals surface area contributed by atoms with Gasteiger partial charge in [-0.2, -0.15) is 0 Å². The maximum atomic E-state index is 12.9. The summed E-state index contributed by atoms with van der Waals surface area (Å²) < 4.78 is 10.6. The summed E-state index contributed by atoms with van der Waals surface area (Å²) in [4.78, 5) is 18.9. The molecule has 1 fully saturated rings. The highest BCUT2D eigenvalue weighted by Crippen LogP contribution is 2.30. The summed E-state index contributed by atoms with van der Waals surface area (Å²) in [5, 5.41) is 0. The fourth-order valence-electron chi connectivity index (χ4n) is 2.78. The molecule has 0 saturated heterocycles. The normalized spacial score (nSPS) is 13.4. The number of hydrogen-bond donors (Lipinski definition) is 0. The molecular formula is C19H22N2O3. The zero-order valence-corrected chi connectivity index (χ0v) is 14.1. The molecule has 5 nitrogen and oxygen atoms in total. The molecule has 0 unspecified atom stereocenters. The van der Waals surface area contributed by atoms with E-state index >= 15 is 0 Å². The van der Waals surface area contributed by atoms with Crippen molar-refractivity contribution in [1.82, 2.24) is 9.88 Å². The Hall–Kier alpha value is -2.56. The van der Waals surface area contributed by atoms with E-state index in [1.54, 1.807) is 26.6 Å². The van der Waals surface area contributed by atoms with E-state index in [0.29, 0.717) is 24.8 Å². The van der Waals surface area contributed by atoms with Crippen LogP contribution in [0.4, 0.5) is 0 Å². The lowest BCUT2D eigenvalue weighted by atomic mass is 10.1. The van der Waals surface area contributed by atoms with E-state index in [1.807, 2.05) is 35.2 Å². The van der Waals surface area contributed by atoms with E-state index < -0.39 is 0 Å². The molecule has 0 aliphatic heterocycles. The van der Waals surface area contributed by atoms with Gasteiger partial charge in [0, 0.05) is 30.5 Å². The van der Waals surface area contributed by atoms with Crippen LogP contribution in [0, 0.1) is 0 Å². The Kier molecular flexibility index (Phi) is 4.99. The van der Waals surface area contributed by atoms with Gasteiger partial charge in [-0.15, -0.1) is 0 Å². The largest absolute Gasteiger partial charge is 0.497 e. The molecule has 0 atom stereocenters. The van der Waals surface area contributed by atoms with Gasteiger partial charge < -0.3 is 14.4 Å². The molecule has 126 valence electrons. The Morgan fingerprint density at radius 3 is 2.54 bits per heavy atom. The first-order chi connectivity index (χ1) is 11.7. The average Bonchev–Trinajstić information content (AvgIpc) is 3.45. The van der Waals surface area contributed by atoms with Crippen LogP contribution in [-0.4, -0.2) is 36.1 Å². The van der Waals surface area contributed by atoms with Crippen LogP contribution in [0.2, 0.25) is 0 Å². The standard InChI is InChI=1S/C19H22N2O3/c1-23-17-5-6-18(24-2)15(11-17)12-19(22)21(16-3-4-16)13-14-7-9-20-10-8-14/h5-11,16H,3-4,12-13H2,1-2H3. The van der Waals surface area contributed by atoms with Crippen molar-refractivity contribution in [2.75, 3.05) is 14.2 Å². The zero-order chi connectivity index (χ0) is 16.9. The number of hydrogen-bond acceptors (Lipinski definition) is 4. The molecule has 1 aliphatic carbocycles. The Balaban J connectivity index is 1.76. The van der Waals surface area contributed by atoms with Crippen molar-refractivity contribution >= 4 is 5.91 Å². The van der Waals surface area contributed by atoms with Gasteiger partial charge in [0.15, 0.2) is 0 Å². The molecule has 1 aliphatic rings. The molecule has 0 bridgehead atoms. The molecule has 1 aromatic heterocycles. The van der Waals surface area contributed by atoms with Gasteiger partial charge in [0.1, 0.15) is 11.5 Å². The van der Waals surface area contributed by atoms with E-state index in [9.17, 15) is 4.79 Å². The number of pyridine rings is 1. The number of benzene rings is 1. The van der Waals surface area contributed by atoms with Crippen LogP contribution in [0.3, 0.4) is 0 Å². The minimum absolute atomic E-state index is 0.112. The number of methoxy groups -OCH3 is 2. The Labute approximate surface area is 142 Å². The van der Waals surface area contributed by atoms with Crippen molar-refractivity contribution in [3.8, 4) is 11.5 Å². The van der Waals surface area contributed by atoms with Crippen molar-refractivity contribution in [2.45, 2.75) is 31.8 Å². The number of aromatic nitrogens is 1. The Bertz CT molecular complexity index is 699. The van der Waals surface area contributed by atoms with Crippen molar-refractivity contribution in [3.05, 3.63) is 53.9 Å². The zero-order valence-electron chi connectivity index (χ0n) is 14.1. The fourth-order valence-corrected chi connectivity index (χ4v) is 2.78. The van der Waals surface area contributed by atoms with Crippen LogP contribution < -0.4 is 9.47 Å². The summed E-state index contributed by atoms with van der Waals surface area (Å²) in [6, 6.07) is 9.80. The van der Waals surface area contributed by atoms with E-state index in [1.165, 1.54) is 0 Å². The Morgan fingerprint density at radius 1 is 1.17 bits per heavy atom. The lowest BCUT2D eigenvalue weighted by Gasteiger charge is -2.23. The molecule has 1 heterocycles. The molecular weight excluding hydrogens is 304 g/mol. The average molecular weight is 326 g/mol. The van der Waals surface area contributed by atoms with E-state index in [2.05, 4.69) is 4.98 Å². The summed E-state index contributed by atoms with van der Waals surface area (Å²) in [5.74, 6) is 1.55. The number of amides is 1. The number of rotatable bonds is 7. The SMILES string of the molecule is COc1ccc(OC)c(CC(=O)N(Cc2ccncc2)C2CC2)c1. The lowest BCUT2D eigenvalue weighted by molar-refractivity contribution is -0.131. The first kappa shape index (κ1) is 16.3. The minimum Gasteiger partial charge on any atom is -0.497 e. The van der Waals surface area contributed by atoms with Crippen molar-refractivity contribution in [3.63, 3.8) is 0 Å². The summed E-state index contributed by atoms with van der Waals surface area (Å²) in [6.45, 7) is 0.623. The summed E-state index contributed by atoms with van der Waals surface area (Å²) in [5.41, 5.74) is 1.95. The van der Waals surface area contributed by atoms with E-state index in [0.717, 1.165) is 29.7 Å².